The van der Waals surface area contributed by atoms with E-state index in [2.05, 4.69) is 26.1 Å². The second-order valence-electron chi connectivity index (χ2n) is 12.5. The Bertz CT molecular complexity index is 1090. The maximum absolute atomic E-state index is 13.6. The largest absolute Gasteiger partial charge is 0.504 e. The van der Waals surface area contributed by atoms with Crippen molar-refractivity contribution >= 4 is 17.8 Å². The van der Waals surface area contributed by atoms with E-state index in [1.165, 1.54) is 23.1 Å². The molecule has 4 N–H and O–H groups in total. The number of rotatable bonds is 8. The van der Waals surface area contributed by atoms with Gasteiger partial charge >= 0.3 is 5.97 Å². The number of nitrogens with one attached hydrogen (secondary N) is 1. The number of aliphatic hydroxyl groups excluding tert-OH is 1. The molecule has 1 saturated heterocycles. The van der Waals surface area contributed by atoms with Gasteiger partial charge in [0, 0.05) is 18.4 Å². The lowest BCUT2D eigenvalue weighted by Gasteiger charge is -2.39. The third kappa shape index (κ3) is 4.97. The predicted molar refractivity (Wildman–Crippen MR) is 140 cm³/mol. The van der Waals surface area contributed by atoms with Crippen molar-refractivity contribution in [2.24, 2.45) is 22.7 Å². The minimum absolute atomic E-state index is 0.0698. The van der Waals surface area contributed by atoms with Crippen molar-refractivity contribution < 1.29 is 34.4 Å². The highest BCUT2D eigenvalue weighted by Gasteiger charge is 2.63. The number of benzene rings is 1. The Morgan fingerprint density at radius 2 is 1.84 bits per heavy atom. The molecule has 1 heterocycles. The van der Waals surface area contributed by atoms with Crippen LogP contribution in [-0.4, -0.2) is 68.8 Å². The number of hydrogen-bond donors (Lipinski definition) is 4. The van der Waals surface area contributed by atoms with Gasteiger partial charge in [0.15, 0.2) is 11.5 Å². The first-order chi connectivity index (χ1) is 17.8. The minimum atomic E-state index is -1.46. The van der Waals surface area contributed by atoms with Crippen LogP contribution < -0.4 is 5.32 Å². The van der Waals surface area contributed by atoms with E-state index >= 15 is 0 Å². The van der Waals surface area contributed by atoms with Gasteiger partial charge in [0.05, 0.1) is 0 Å². The maximum atomic E-state index is 13.6. The van der Waals surface area contributed by atoms with Crippen LogP contribution in [0.1, 0.15) is 72.3 Å². The molecule has 2 aliphatic carbocycles. The average Bonchev–Trinajstić information content (AvgIpc) is 3.47. The predicted octanol–water partition coefficient (Wildman–Crippen LogP) is 2.89. The van der Waals surface area contributed by atoms with Crippen LogP contribution >= 0.6 is 0 Å². The monoisotopic (exact) mass is 530 g/mol. The average molecular weight is 531 g/mol. The number of esters is 1. The summed E-state index contributed by atoms with van der Waals surface area (Å²) in [7, 11) is 0. The first-order valence-corrected chi connectivity index (χ1v) is 13.8. The molecule has 0 radical (unpaired) electrons. The summed E-state index contributed by atoms with van der Waals surface area (Å²) in [6, 6.07) is 2.44. The molecule has 2 bridgehead atoms. The number of hydrogen-bond acceptors (Lipinski definition) is 7. The molecular weight excluding hydrogens is 488 g/mol. The molecule has 4 rings (SSSR count). The van der Waals surface area contributed by atoms with Gasteiger partial charge in [0.1, 0.15) is 24.3 Å². The Kier molecular flexibility index (Phi) is 7.72. The maximum Gasteiger partial charge on any atom is 0.329 e. The van der Waals surface area contributed by atoms with Crippen LogP contribution in [0.4, 0.5) is 0 Å². The van der Waals surface area contributed by atoms with Gasteiger partial charge in [0.2, 0.25) is 11.8 Å². The fourth-order valence-electron chi connectivity index (χ4n) is 6.76. The van der Waals surface area contributed by atoms with Gasteiger partial charge in [-0.15, -0.1) is 0 Å². The van der Waals surface area contributed by atoms with Gasteiger partial charge in [-0.2, -0.15) is 0 Å². The zero-order valence-corrected chi connectivity index (χ0v) is 23.1. The first-order valence-electron chi connectivity index (χ1n) is 13.8. The van der Waals surface area contributed by atoms with Crippen molar-refractivity contribution in [3.63, 3.8) is 0 Å². The topological polar surface area (TPSA) is 136 Å². The van der Waals surface area contributed by atoms with Crippen LogP contribution in [-0.2, 0) is 25.5 Å². The lowest BCUT2D eigenvalue weighted by atomic mass is 9.70. The van der Waals surface area contributed by atoms with E-state index in [0.29, 0.717) is 30.9 Å². The Morgan fingerprint density at radius 1 is 1.13 bits per heavy atom. The Labute approximate surface area is 224 Å². The second-order valence-corrected chi connectivity index (χ2v) is 12.5. The molecule has 2 saturated carbocycles. The number of carbonyl (C=O) groups is 3. The van der Waals surface area contributed by atoms with E-state index < -0.39 is 24.1 Å². The fraction of sp³-hybridized carbons (Fsp3) is 0.690. The molecule has 0 aromatic heterocycles. The summed E-state index contributed by atoms with van der Waals surface area (Å²) >= 11 is 0. The Balaban J connectivity index is 1.40. The summed E-state index contributed by atoms with van der Waals surface area (Å²) < 4.78 is 6.09. The normalized spacial score (nSPS) is 29.3. The summed E-state index contributed by atoms with van der Waals surface area (Å²) in [6.45, 7) is 10.7. The standard InChI is InChI=1S/C29H42N2O7/c1-16(2)24(30-25(35)22(34)14-17-8-9-20(32)21(33)13-17)26(36)31-12-6-7-19(31)27(37)38-23-15-18-10-11-29(23,5)28(18,3)4/h8-9,13,16,18-19,22-24,32-34H,6-7,10-12,14-15H2,1-5H3,(H,30,35)/t18?,19?,22?,23?,24?,29-/m1/s1. The van der Waals surface area contributed by atoms with E-state index in [-0.39, 0.29) is 52.6 Å². The molecule has 210 valence electrons. The number of aliphatic hydroxyl groups is 1. The van der Waals surface area contributed by atoms with Crippen molar-refractivity contribution in [2.75, 3.05) is 6.54 Å². The first kappa shape index (κ1) is 28.2. The molecule has 38 heavy (non-hydrogen) atoms. The quantitative estimate of drug-likeness (QED) is 0.300. The highest BCUT2D eigenvalue weighted by atomic mass is 16.5. The van der Waals surface area contributed by atoms with E-state index in [1.807, 2.05) is 0 Å². The molecule has 9 nitrogen and oxygen atoms in total. The second kappa shape index (κ2) is 10.4. The van der Waals surface area contributed by atoms with Gasteiger partial charge < -0.3 is 30.3 Å². The SMILES string of the molecule is CC(C)C(NC(=O)C(O)Cc1ccc(O)c(O)c1)C(=O)N1CCCC1C(=O)OC1CC2CC[C@@]1(C)C2(C)C. The molecular formula is C29H42N2O7. The van der Waals surface area contributed by atoms with E-state index in [0.717, 1.165) is 19.3 Å². The van der Waals surface area contributed by atoms with Crippen molar-refractivity contribution in [3.05, 3.63) is 23.8 Å². The number of fused-ring (bicyclic) bond motifs is 2. The highest BCUT2D eigenvalue weighted by Crippen LogP contribution is 2.66. The summed E-state index contributed by atoms with van der Waals surface area (Å²) in [5, 5.41) is 32.3. The van der Waals surface area contributed by atoms with Crippen molar-refractivity contribution in [2.45, 2.75) is 97.4 Å². The van der Waals surface area contributed by atoms with Crippen molar-refractivity contribution in [3.8, 4) is 11.5 Å². The smallest absolute Gasteiger partial charge is 0.329 e. The number of phenols is 2. The minimum Gasteiger partial charge on any atom is -0.504 e. The van der Waals surface area contributed by atoms with E-state index in [1.54, 1.807) is 13.8 Å². The van der Waals surface area contributed by atoms with Crippen LogP contribution in [0, 0.1) is 22.7 Å². The van der Waals surface area contributed by atoms with Gasteiger partial charge in [-0.25, -0.2) is 4.79 Å². The number of aromatic hydroxyl groups is 2. The van der Waals surface area contributed by atoms with Gasteiger partial charge in [-0.3, -0.25) is 9.59 Å². The molecule has 3 aliphatic rings. The third-order valence-corrected chi connectivity index (χ3v) is 9.78. The third-order valence-electron chi connectivity index (χ3n) is 9.78. The lowest BCUT2D eigenvalue weighted by molar-refractivity contribution is -0.165. The summed E-state index contributed by atoms with van der Waals surface area (Å²) in [6.07, 6.45) is 2.52. The van der Waals surface area contributed by atoms with Gasteiger partial charge in [-0.05, 0) is 67.1 Å². The number of nitrogens with zero attached hydrogens (tertiary/aromatic N) is 1. The van der Waals surface area contributed by atoms with Crippen LogP contribution in [0.25, 0.3) is 0 Å². The van der Waals surface area contributed by atoms with Crippen LogP contribution in [0.2, 0.25) is 0 Å². The van der Waals surface area contributed by atoms with Crippen molar-refractivity contribution in [1.82, 2.24) is 10.2 Å². The zero-order chi connectivity index (χ0) is 28.0. The summed E-state index contributed by atoms with van der Waals surface area (Å²) in [5.41, 5.74) is 0.491. The van der Waals surface area contributed by atoms with Crippen LogP contribution in [0.15, 0.2) is 18.2 Å². The number of likely N-dealkylation sites (tertiary alicyclic amines) is 1. The highest BCUT2D eigenvalue weighted by molar-refractivity contribution is 5.92. The lowest BCUT2D eigenvalue weighted by Crippen LogP contribution is -2.56. The summed E-state index contributed by atoms with van der Waals surface area (Å²) in [4.78, 5) is 41.3. The fourth-order valence-corrected chi connectivity index (χ4v) is 6.76. The summed E-state index contributed by atoms with van der Waals surface area (Å²) in [5.74, 6) is -1.84. The molecule has 1 aromatic carbocycles. The molecule has 3 fully saturated rings. The number of ether oxygens (including phenoxy) is 1. The van der Waals surface area contributed by atoms with Crippen LogP contribution in [0.5, 0.6) is 11.5 Å². The number of amides is 2. The molecule has 9 heteroatoms. The van der Waals surface area contributed by atoms with Crippen LogP contribution in [0.3, 0.4) is 0 Å². The Morgan fingerprint density at radius 3 is 2.42 bits per heavy atom. The van der Waals surface area contributed by atoms with E-state index in [4.69, 9.17) is 4.74 Å². The van der Waals surface area contributed by atoms with Crippen molar-refractivity contribution in [1.29, 1.82) is 0 Å². The van der Waals surface area contributed by atoms with E-state index in [9.17, 15) is 29.7 Å². The molecule has 2 amide bonds. The molecule has 1 aromatic rings. The molecule has 6 atom stereocenters. The molecule has 1 aliphatic heterocycles. The zero-order valence-electron chi connectivity index (χ0n) is 23.1. The molecule has 5 unspecified atom stereocenters. The number of carbonyl (C=O) groups excluding carboxylic acids is 3. The Hall–Kier alpha value is -2.81. The number of phenolic OH excluding ortho intramolecular Hbond substituents is 2. The van der Waals surface area contributed by atoms with Gasteiger partial charge in [0.25, 0.3) is 0 Å². The molecule has 0 spiro atoms. The van der Waals surface area contributed by atoms with Gasteiger partial charge in [-0.1, -0.05) is 40.7 Å².